The number of aromatic hydroxyl groups is 2. The Hall–Kier alpha value is -1.18. The molecule has 0 saturated carbocycles. The van der Waals surface area contributed by atoms with Crippen molar-refractivity contribution in [3.05, 3.63) is 23.8 Å². The Balaban J connectivity index is 2.46. The van der Waals surface area contributed by atoms with Crippen LogP contribution in [0.5, 0.6) is 11.5 Å². The molecular formula is C28H50O2. The topological polar surface area (TPSA) is 40.5 Å². The van der Waals surface area contributed by atoms with Crippen molar-refractivity contribution >= 4 is 0 Å². The number of hydrogen-bond acceptors (Lipinski definition) is 2. The molecule has 2 nitrogen and oxygen atoms in total. The van der Waals surface area contributed by atoms with Crippen LogP contribution in [0.4, 0.5) is 0 Å². The molecule has 0 bridgehead atoms. The summed E-state index contributed by atoms with van der Waals surface area (Å²) < 4.78 is 0. The molecule has 0 spiro atoms. The van der Waals surface area contributed by atoms with Crippen LogP contribution in [0.25, 0.3) is 0 Å². The highest BCUT2D eigenvalue weighted by atomic mass is 16.3. The van der Waals surface area contributed by atoms with Crippen LogP contribution in [0.1, 0.15) is 142 Å². The van der Waals surface area contributed by atoms with Gasteiger partial charge >= 0.3 is 0 Å². The highest BCUT2D eigenvalue weighted by molar-refractivity contribution is 5.43. The van der Waals surface area contributed by atoms with Gasteiger partial charge in [-0.1, -0.05) is 130 Å². The molecule has 2 N–H and O–H groups in total. The second-order valence-corrected chi connectivity index (χ2v) is 9.71. The minimum absolute atomic E-state index is 0.0136. The van der Waals surface area contributed by atoms with E-state index in [9.17, 15) is 10.2 Å². The number of unbranched alkanes of at least 4 members (excludes halogenated alkanes) is 14. The third kappa shape index (κ3) is 11.3. The second kappa shape index (κ2) is 16.5. The minimum atomic E-state index is -0.0136. The van der Waals surface area contributed by atoms with Gasteiger partial charge in [0.05, 0.1) is 0 Å². The molecule has 30 heavy (non-hydrogen) atoms. The number of hydrogen-bond donors (Lipinski definition) is 2. The van der Waals surface area contributed by atoms with Crippen LogP contribution < -0.4 is 0 Å². The first kappa shape index (κ1) is 26.9. The molecule has 174 valence electrons. The van der Waals surface area contributed by atoms with E-state index in [2.05, 4.69) is 20.8 Å². The predicted octanol–water partition coefficient (Wildman–Crippen LogP) is 9.42. The molecule has 0 aromatic heterocycles. The lowest BCUT2D eigenvalue weighted by atomic mass is 9.74. The van der Waals surface area contributed by atoms with E-state index in [1.165, 1.54) is 121 Å². The Bertz CT molecular complexity index is 517. The Labute approximate surface area is 187 Å². The van der Waals surface area contributed by atoms with Gasteiger partial charge < -0.3 is 10.2 Å². The van der Waals surface area contributed by atoms with Gasteiger partial charge in [0.1, 0.15) is 0 Å². The fourth-order valence-corrected chi connectivity index (χ4v) is 4.61. The molecule has 0 aliphatic heterocycles. The minimum Gasteiger partial charge on any atom is -0.504 e. The van der Waals surface area contributed by atoms with E-state index in [0.29, 0.717) is 0 Å². The van der Waals surface area contributed by atoms with E-state index in [1.54, 1.807) is 12.1 Å². The van der Waals surface area contributed by atoms with Crippen LogP contribution in [-0.2, 0) is 5.41 Å². The van der Waals surface area contributed by atoms with E-state index in [4.69, 9.17) is 0 Å². The Morgan fingerprint density at radius 3 is 1.37 bits per heavy atom. The normalized spacial score (nSPS) is 11.8. The van der Waals surface area contributed by atoms with Gasteiger partial charge in [0.15, 0.2) is 11.5 Å². The van der Waals surface area contributed by atoms with Crippen molar-refractivity contribution in [2.24, 2.45) is 0 Å². The molecule has 2 heteroatoms. The summed E-state index contributed by atoms with van der Waals surface area (Å²) in [5.74, 6) is 0.00540. The van der Waals surface area contributed by atoms with Crippen LogP contribution in [0, 0.1) is 0 Å². The van der Waals surface area contributed by atoms with Gasteiger partial charge in [-0.15, -0.1) is 0 Å². The van der Waals surface area contributed by atoms with Crippen molar-refractivity contribution in [1.29, 1.82) is 0 Å². The molecule has 0 aliphatic rings. The molecular weight excluding hydrogens is 368 g/mol. The maximum atomic E-state index is 10.0. The van der Waals surface area contributed by atoms with E-state index >= 15 is 0 Å². The molecule has 0 amide bonds. The maximum absolute atomic E-state index is 10.0. The van der Waals surface area contributed by atoms with Crippen LogP contribution in [0.15, 0.2) is 18.2 Å². The van der Waals surface area contributed by atoms with Gasteiger partial charge in [-0.2, -0.15) is 0 Å². The summed E-state index contributed by atoms with van der Waals surface area (Å²) >= 11 is 0. The van der Waals surface area contributed by atoms with Crippen molar-refractivity contribution in [3.63, 3.8) is 0 Å². The molecule has 0 saturated heterocycles. The zero-order valence-electron chi connectivity index (χ0n) is 20.4. The summed E-state index contributed by atoms with van der Waals surface area (Å²) in [5, 5.41) is 19.8. The lowest BCUT2D eigenvalue weighted by Gasteiger charge is -2.31. The summed E-state index contributed by atoms with van der Waals surface area (Å²) in [4.78, 5) is 0. The van der Waals surface area contributed by atoms with Gasteiger partial charge in [0, 0.05) is 0 Å². The standard InChI is InChI=1S/C28H50O2/c1-4-6-8-10-12-14-16-18-22-28(3,25-20-21-26(29)27(30)24-25)23-19-17-15-13-11-9-7-5-2/h20-21,24,29-30H,4-19,22-23H2,1-3H3. The first-order chi connectivity index (χ1) is 14.5. The van der Waals surface area contributed by atoms with Crippen molar-refractivity contribution in [3.8, 4) is 11.5 Å². The summed E-state index contributed by atoms with van der Waals surface area (Å²) in [7, 11) is 0. The average Bonchev–Trinajstić information content (AvgIpc) is 2.74. The number of rotatable bonds is 19. The first-order valence-corrected chi connectivity index (χ1v) is 13.1. The Morgan fingerprint density at radius 1 is 0.567 bits per heavy atom. The molecule has 0 heterocycles. The highest BCUT2D eigenvalue weighted by Gasteiger charge is 2.26. The maximum Gasteiger partial charge on any atom is 0.157 e. The highest BCUT2D eigenvalue weighted by Crippen LogP contribution is 2.39. The number of phenols is 2. The zero-order chi connectivity index (χ0) is 22.1. The van der Waals surface area contributed by atoms with Crippen molar-refractivity contribution in [2.75, 3.05) is 0 Å². The lowest BCUT2D eigenvalue weighted by Crippen LogP contribution is -2.22. The van der Waals surface area contributed by atoms with Gasteiger partial charge in [-0.25, -0.2) is 0 Å². The SMILES string of the molecule is CCCCCCCCCCC(C)(CCCCCCCCCC)c1ccc(O)c(O)c1. The van der Waals surface area contributed by atoms with Crippen molar-refractivity contribution in [1.82, 2.24) is 0 Å². The monoisotopic (exact) mass is 418 g/mol. The van der Waals surface area contributed by atoms with Crippen LogP contribution in [0.2, 0.25) is 0 Å². The number of benzene rings is 1. The molecule has 1 rings (SSSR count). The largest absolute Gasteiger partial charge is 0.504 e. The molecule has 0 fully saturated rings. The fourth-order valence-electron chi connectivity index (χ4n) is 4.61. The molecule has 1 aromatic carbocycles. The average molecular weight is 419 g/mol. The summed E-state index contributed by atoms with van der Waals surface area (Å²) in [6.07, 6.45) is 23.8. The van der Waals surface area contributed by atoms with E-state index < -0.39 is 0 Å². The predicted molar refractivity (Wildman–Crippen MR) is 132 cm³/mol. The van der Waals surface area contributed by atoms with Crippen molar-refractivity contribution < 1.29 is 10.2 Å². The third-order valence-corrected chi connectivity index (χ3v) is 6.84. The lowest BCUT2D eigenvalue weighted by molar-refractivity contribution is 0.356. The number of phenolic OH excluding ortho intramolecular Hbond substituents is 2. The molecule has 0 radical (unpaired) electrons. The molecule has 0 aliphatic carbocycles. The van der Waals surface area contributed by atoms with E-state index in [-0.39, 0.29) is 16.9 Å². The van der Waals surface area contributed by atoms with Crippen LogP contribution in [0.3, 0.4) is 0 Å². The molecule has 1 aromatic rings. The zero-order valence-corrected chi connectivity index (χ0v) is 20.4. The molecule has 0 unspecified atom stereocenters. The van der Waals surface area contributed by atoms with Gasteiger partial charge in [-0.3, -0.25) is 0 Å². The van der Waals surface area contributed by atoms with E-state index in [1.807, 2.05) is 6.07 Å². The molecule has 0 atom stereocenters. The Kier molecular flexibility index (Phi) is 14.8. The van der Waals surface area contributed by atoms with Crippen molar-refractivity contribution in [2.45, 2.75) is 142 Å². The van der Waals surface area contributed by atoms with Crippen LogP contribution >= 0.6 is 0 Å². The third-order valence-electron chi connectivity index (χ3n) is 6.84. The van der Waals surface area contributed by atoms with Gasteiger partial charge in [0.25, 0.3) is 0 Å². The van der Waals surface area contributed by atoms with Gasteiger partial charge in [-0.05, 0) is 36.0 Å². The van der Waals surface area contributed by atoms with Crippen LogP contribution in [-0.4, -0.2) is 10.2 Å². The smallest absolute Gasteiger partial charge is 0.157 e. The first-order valence-electron chi connectivity index (χ1n) is 13.1. The summed E-state index contributed by atoms with van der Waals surface area (Å²) in [6, 6.07) is 5.47. The van der Waals surface area contributed by atoms with Gasteiger partial charge in [0.2, 0.25) is 0 Å². The Morgan fingerprint density at radius 2 is 0.967 bits per heavy atom. The van der Waals surface area contributed by atoms with E-state index in [0.717, 1.165) is 0 Å². The summed E-state index contributed by atoms with van der Waals surface area (Å²) in [5.41, 5.74) is 1.28. The quantitative estimate of drug-likeness (QED) is 0.173. The summed E-state index contributed by atoms with van der Waals surface area (Å²) in [6.45, 7) is 6.91. The second-order valence-electron chi connectivity index (χ2n) is 9.71. The fraction of sp³-hybridized carbons (Fsp3) is 0.786.